The summed E-state index contributed by atoms with van der Waals surface area (Å²) in [5.41, 5.74) is 2.22. The molecule has 0 radical (unpaired) electrons. The quantitative estimate of drug-likeness (QED) is 0.837. The van der Waals surface area contributed by atoms with Gasteiger partial charge in [0.05, 0.1) is 11.4 Å². The lowest BCUT2D eigenvalue weighted by atomic mass is 10.2. The number of nitrogens with zero attached hydrogens (tertiary/aromatic N) is 1. The highest BCUT2D eigenvalue weighted by Gasteiger charge is 2.16. The number of likely N-dealkylation sites (N-methyl/N-ethyl adjacent to an activating group) is 1. The van der Waals surface area contributed by atoms with Gasteiger partial charge in [0.25, 0.3) is 5.91 Å². The highest BCUT2D eigenvalue weighted by Crippen LogP contribution is 2.22. The Bertz CT molecular complexity index is 695. The lowest BCUT2D eigenvalue weighted by molar-refractivity contribution is -0.130. The summed E-state index contributed by atoms with van der Waals surface area (Å²) >= 11 is 1.50. The zero-order chi connectivity index (χ0) is 17.5. The fourth-order valence-electron chi connectivity index (χ4n) is 2.52. The minimum absolute atomic E-state index is 0.0257. The van der Waals surface area contributed by atoms with Gasteiger partial charge in [-0.1, -0.05) is 37.3 Å². The average molecular weight is 344 g/mol. The molecular weight excluding hydrogens is 320 g/mol. The summed E-state index contributed by atoms with van der Waals surface area (Å²) in [5.74, 6) is -0.245. The van der Waals surface area contributed by atoms with Crippen molar-refractivity contribution < 1.29 is 9.59 Å². The van der Waals surface area contributed by atoms with Crippen LogP contribution in [0.5, 0.6) is 0 Å². The van der Waals surface area contributed by atoms with Gasteiger partial charge in [-0.2, -0.15) is 0 Å². The minimum atomic E-state index is -0.174. The molecule has 2 aromatic rings. The molecule has 0 spiro atoms. The zero-order valence-corrected chi connectivity index (χ0v) is 15.3. The second kappa shape index (κ2) is 8.64. The van der Waals surface area contributed by atoms with Crippen molar-refractivity contribution in [2.24, 2.45) is 0 Å². The van der Waals surface area contributed by atoms with Crippen LogP contribution in [0.1, 0.15) is 39.5 Å². The Balaban J connectivity index is 1.91. The monoisotopic (exact) mass is 344 g/mol. The Kier molecular flexibility index (Phi) is 6.55. The van der Waals surface area contributed by atoms with Gasteiger partial charge in [0.2, 0.25) is 5.91 Å². The standard InChI is InChI=1S/C19H24N2O2S/c1-4-16-14(3)11-17(24-16)19(23)20-12-18(22)21(5-2)13-15-9-7-6-8-10-15/h6-11H,4-5,12-13H2,1-3H3,(H,20,23). The SMILES string of the molecule is CCc1sc(C(=O)NCC(=O)N(CC)Cc2ccccc2)cc1C. The van der Waals surface area contributed by atoms with Gasteiger partial charge in [-0.25, -0.2) is 0 Å². The molecule has 0 saturated heterocycles. The predicted octanol–water partition coefficient (Wildman–Crippen LogP) is 3.40. The lowest BCUT2D eigenvalue weighted by Crippen LogP contribution is -2.39. The molecule has 5 heteroatoms. The normalized spacial score (nSPS) is 10.5. The number of hydrogen-bond donors (Lipinski definition) is 1. The molecular formula is C19H24N2O2S. The Morgan fingerprint density at radius 2 is 1.88 bits per heavy atom. The Labute approximate surface area is 147 Å². The first-order chi connectivity index (χ1) is 11.5. The summed E-state index contributed by atoms with van der Waals surface area (Å²) < 4.78 is 0. The number of carbonyl (C=O) groups is 2. The van der Waals surface area contributed by atoms with Gasteiger partial charge < -0.3 is 10.2 Å². The van der Waals surface area contributed by atoms with Gasteiger partial charge in [0, 0.05) is 18.0 Å². The molecule has 2 rings (SSSR count). The molecule has 0 saturated carbocycles. The van der Waals surface area contributed by atoms with E-state index >= 15 is 0 Å². The van der Waals surface area contributed by atoms with Crippen molar-refractivity contribution in [3.63, 3.8) is 0 Å². The van der Waals surface area contributed by atoms with Crippen molar-refractivity contribution in [1.29, 1.82) is 0 Å². The first-order valence-corrected chi connectivity index (χ1v) is 9.06. The van der Waals surface area contributed by atoms with Crippen LogP contribution >= 0.6 is 11.3 Å². The fourth-order valence-corrected chi connectivity index (χ4v) is 3.55. The molecule has 0 aliphatic heterocycles. The third kappa shape index (κ3) is 4.68. The van der Waals surface area contributed by atoms with E-state index in [1.807, 2.05) is 50.2 Å². The molecule has 0 bridgehead atoms. The van der Waals surface area contributed by atoms with Crippen LogP contribution in [-0.4, -0.2) is 29.8 Å². The Hall–Kier alpha value is -2.14. The van der Waals surface area contributed by atoms with E-state index in [0.29, 0.717) is 18.0 Å². The molecule has 0 unspecified atom stereocenters. The van der Waals surface area contributed by atoms with Gasteiger partial charge in [-0.15, -0.1) is 11.3 Å². The second-order valence-electron chi connectivity index (χ2n) is 5.65. The summed E-state index contributed by atoms with van der Waals surface area (Å²) in [5, 5.41) is 2.74. The number of amides is 2. The summed E-state index contributed by atoms with van der Waals surface area (Å²) in [4.78, 5) is 28.2. The molecule has 0 fully saturated rings. The van der Waals surface area contributed by atoms with E-state index in [4.69, 9.17) is 0 Å². The molecule has 1 aromatic carbocycles. The molecule has 0 aliphatic carbocycles. The first-order valence-electron chi connectivity index (χ1n) is 8.24. The van der Waals surface area contributed by atoms with E-state index in [1.54, 1.807) is 4.90 Å². The first kappa shape index (κ1) is 18.2. The largest absolute Gasteiger partial charge is 0.342 e. The van der Waals surface area contributed by atoms with Gasteiger partial charge in [-0.3, -0.25) is 9.59 Å². The van der Waals surface area contributed by atoms with Crippen LogP contribution in [0.15, 0.2) is 36.4 Å². The number of thiophene rings is 1. The van der Waals surface area contributed by atoms with Crippen molar-refractivity contribution in [3.05, 3.63) is 57.3 Å². The van der Waals surface area contributed by atoms with Gasteiger partial charge in [0.15, 0.2) is 0 Å². The van der Waals surface area contributed by atoms with E-state index in [-0.39, 0.29) is 18.4 Å². The van der Waals surface area contributed by atoms with Crippen molar-refractivity contribution in [2.75, 3.05) is 13.1 Å². The van der Waals surface area contributed by atoms with E-state index in [0.717, 1.165) is 17.5 Å². The summed E-state index contributed by atoms with van der Waals surface area (Å²) in [6, 6.07) is 11.8. The fraction of sp³-hybridized carbons (Fsp3) is 0.368. The van der Waals surface area contributed by atoms with Crippen molar-refractivity contribution >= 4 is 23.2 Å². The maximum atomic E-state index is 12.4. The van der Waals surface area contributed by atoms with Crippen molar-refractivity contribution in [1.82, 2.24) is 10.2 Å². The van der Waals surface area contributed by atoms with Crippen molar-refractivity contribution in [2.45, 2.75) is 33.7 Å². The van der Waals surface area contributed by atoms with E-state index in [2.05, 4.69) is 12.2 Å². The topological polar surface area (TPSA) is 49.4 Å². The molecule has 0 atom stereocenters. The molecule has 1 heterocycles. The molecule has 128 valence electrons. The van der Waals surface area contributed by atoms with Crippen LogP contribution in [0, 0.1) is 6.92 Å². The van der Waals surface area contributed by atoms with Gasteiger partial charge in [-0.05, 0) is 37.5 Å². The summed E-state index contributed by atoms with van der Waals surface area (Å²) in [6.45, 7) is 7.23. The third-order valence-electron chi connectivity index (χ3n) is 3.92. The lowest BCUT2D eigenvalue weighted by Gasteiger charge is -2.21. The predicted molar refractivity (Wildman–Crippen MR) is 98.3 cm³/mol. The van der Waals surface area contributed by atoms with E-state index in [1.165, 1.54) is 16.2 Å². The van der Waals surface area contributed by atoms with E-state index < -0.39 is 0 Å². The van der Waals surface area contributed by atoms with Crippen LogP contribution in [0.3, 0.4) is 0 Å². The van der Waals surface area contributed by atoms with Gasteiger partial charge in [0.1, 0.15) is 0 Å². The average Bonchev–Trinajstić information content (AvgIpc) is 2.99. The summed E-state index contributed by atoms with van der Waals surface area (Å²) in [7, 11) is 0. The molecule has 1 aromatic heterocycles. The highest BCUT2D eigenvalue weighted by molar-refractivity contribution is 7.14. The maximum Gasteiger partial charge on any atom is 0.261 e. The van der Waals surface area contributed by atoms with Crippen LogP contribution in [0.25, 0.3) is 0 Å². The van der Waals surface area contributed by atoms with E-state index in [9.17, 15) is 9.59 Å². The smallest absolute Gasteiger partial charge is 0.261 e. The van der Waals surface area contributed by atoms with Crippen molar-refractivity contribution in [3.8, 4) is 0 Å². The highest BCUT2D eigenvalue weighted by atomic mass is 32.1. The number of hydrogen-bond acceptors (Lipinski definition) is 3. The van der Waals surface area contributed by atoms with Crippen LogP contribution in [0.2, 0.25) is 0 Å². The van der Waals surface area contributed by atoms with Crippen LogP contribution in [-0.2, 0) is 17.8 Å². The third-order valence-corrected chi connectivity index (χ3v) is 5.30. The minimum Gasteiger partial charge on any atom is -0.342 e. The number of benzene rings is 1. The molecule has 0 aliphatic rings. The zero-order valence-electron chi connectivity index (χ0n) is 14.5. The molecule has 2 amide bonds. The van der Waals surface area contributed by atoms with Gasteiger partial charge >= 0.3 is 0 Å². The number of rotatable bonds is 7. The molecule has 24 heavy (non-hydrogen) atoms. The summed E-state index contributed by atoms with van der Waals surface area (Å²) in [6.07, 6.45) is 0.920. The number of nitrogens with one attached hydrogen (secondary N) is 1. The Morgan fingerprint density at radius 1 is 1.17 bits per heavy atom. The number of carbonyl (C=O) groups excluding carboxylic acids is 2. The molecule has 4 nitrogen and oxygen atoms in total. The van der Waals surface area contributed by atoms with Crippen LogP contribution < -0.4 is 5.32 Å². The maximum absolute atomic E-state index is 12.4. The van der Waals surface area contributed by atoms with Crippen LogP contribution in [0.4, 0.5) is 0 Å². The molecule has 1 N–H and O–H groups in total. The second-order valence-corrected chi connectivity index (χ2v) is 6.78. The number of aryl methyl sites for hydroxylation is 2. The Morgan fingerprint density at radius 3 is 2.46 bits per heavy atom.